The van der Waals surface area contributed by atoms with E-state index in [0.717, 1.165) is 0 Å². The first-order chi connectivity index (χ1) is 11.0. The molecule has 0 fully saturated rings. The summed E-state index contributed by atoms with van der Waals surface area (Å²) in [5, 5.41) is 10.6. The van der Waals surface area contributed by atoms with E-state index in [1.165, 1.54) is 30.3 Å². The Labute approximate surface area is 133 Å². The normalized spacial score (nSPS) is 10.5. The van der Waals surface area contributed by atoms with Crippen LogP contribution in [0.3, 0.4) is 0 Å². The second-order valence-electron chi connectivity index (χ2n) is 5.02. The highest BCUT2D eigenvalue weighted by Gasteiger charge is 2.06. The summed E-state index contributed by atoms with van der Waals surface area (Å²) in [6.07, 6.45) is 3.18. The number of carbonyl (C=O) groups is 1. The lowest BCUT2D eigenvalue weighted by Gasteiger charge is -2.06. The number of nitro groups is 1. The summed E-state index contributed by atoms with van der Waals surface area (Å²) in [6, 6.07) is 12.5. The van der Waals surface area contributed by atoms with Gasteiger partial charge in [-0.05, 0) is 36.4 Å². The molecule has 0 atom stereocenters. The average molecular weight is 312 g/mol. The van der Waals surface area contributed by atoms with Crippen molar-refractivity contribution < 1.29 is 14.5 Å². The standard InChI is InChI=1S/C17H16N2O4/c1-18(2)12-11-17(20)13-3-7-15(8-4-13)23-16-9-5-14(6-10-16)19(21)22/h3-12H,1-2H3/b12-11+. The van der Waals surface area contributed by atoms with Crippen LogP contribution in [0.2, 0.25) is 0 Å². The van der Waals surface area contributed by atoms with Crippen LogP contribution in [0.1, 0.15) is 10.4 Å². The van der Waals surface area contributed by atoms with Gasteiger partial charge in [0.25, 0.3) is 5.69 Å². The van der Waals surface area contributed by atoms with Crippen LogP contribution in [0.4, 0.5) is 5.69 Å². The quantitative estimate of drug-likeness (QED) is 0.352. The summed E-state index contributed by atoms with van der Waals surface area (Å²) in [7, 11) is 3.68. The van der Waals surface area contributed by atoms with Crippen molar-refractivity contribution in [2.24, 2.45) is 0 Å². The first-order valence-corrected chi connectivity index (χ1v) is 6.87. The van der Waals surface area contributed by atoms with Crippen molar-refractivity contribution in [3.8, 4) is 11.5 Å². The van der Waals surface area contributed by atoms with E-state index in [9.17, 15) is 14.9 Å². The molecule has 0 aliphatic heterocycles. The molecule has 0 heterocycles. The van der Waals surface area contributed by atoms with Crippen LogP contribution in [0.5, 0.6) is 11.5 Å². The smallest absolute Gasteiger partial charge is 0.269 e. The Bertz CT molecular complexity index is 719. The van der Waals surface area contributed by atoms with E-state index in [4.69, 9.17) is 4.74 Å². The van der Waals surface area contributed by atoms with Crippen molar-refractivity contribution in [3.63, 3.8) is 0 Å². The lowest BCUT2D eigenvalue weighted by atomic mass is 10.1. The predicted octanol–water partition coefficient (Wildman–Crippen LogP) is 3.65. The highest BCUT2D eigenvalue weighted by Crippen LogP contribution is 2.24. The lowest BCUT2D eigenvalue weighted by molar-refractivity contribution is -0.384. The summed E-state index contributed by atoms with van der Waals surface area (Å²) in [4.78, 5) is 23.8. The molecule has 6 heteroatoms. The van der Waals surface area contributed by atoms with Crippen LogP contribution < -0.4 is 4.74 Å². The molecule has 0 aliphatic rings. The number of ketones is 1. The molecular formula is C17H16N2O4. The predicted molar refractivity (Wildman–Crippen MR) is 86.8 cm³/mol. The van der Waals surface area contributed by atoms with E-state index in [1.807, 2.05) is 14.1 Å². The van der Waals surface area contributed by atoms with Crippen molar-refractivity contribution >= 4 is 11.5 Å². The molecular weight excluding hydrogens is 296 g/mol. The molecule has 0 bridgehead atoms. The number of nitrogens with zero attached hydrogens (tertiary/aromatic N) is 2. The molecule has 0 saturated carbocycles. The van der Waals surface area contributed by atoms with Gasteiger partial charge >= 0.3 is 0 Å². The van der Waals surface area contributed by atoms with Gasteiger partial charge in [0.2, 0.25) is 0 Å². The maximum Gasteiger partial charge on any atom is 0.269 e. The third kappa shape index (κ3) is 4.67. The Morgan fingerprint density at radius 3 is 2.04 bits per heavy atom. The van der Waals surface area contributed by atoms with E-state index in [2.05, 4.69) is 0 Å². The fourth-order valence-corrected chi connectivity index (χ4v) is 1.77. The van der Waals surface area contributed by atoms with E-state index < -0.39 is 4.92 Å². The molecule has 0 aliphatic carbocycles. The minimum absolute atomic E-state index is 0.00553. The number of ether oxygens (including phenoxy) is 1. The maximum absolute atomic E-state index is 11.9. The van der Waals surface area contributed by atoms with Gasteiger partial charge in [-0.25, -0.2) is 0 Å². The fraction of sp³-hybridized carbons (Fsp3) is 0.118. The van der Waals surface area contributed by atoms with Gasteiger partial charge in [0, 0.05) is 44.1 Å². The molecule has 0 unspecified atom stereocenters. The van der Waals surface area contributed by atoms with Gasteiger partial charge in [0.15, 0.2) is 5.78 Å². The highest BCUT2D eigenvalue weighted by atomic mass is 16.6. The van der Waals surface area contributed by atoms with Gasteiger partial charge in [-0.15, -0.1) is 0 Å². The molecule has 118 valence electrons. The van der Waals surface area contributed by atoms with Gasteiger partial charge in [0.05, 0.1) is 4.92 Å². The molecule has 0 spiro atoms. The van der Waals surface area contributed by atoms with E-state index >= 15 is 0 Å². The molecule has 2 aromatic carbocycles. The zero-order valence-corrected chi connectivity index (χ0v) is 12.8. The van der Waals surface area contributed by atoms with Crippen LogP contribution in [0.25, 0.3) is 0 Å². The van der Waals surface area contributed by atoms with Crippen LogP contribution in [0.15, 0.2) is 60.8 Å². The number of non-ortho nitro benzene ring substituents is 1. The molecule has 23 heavy (non-hydrogen) atoms. The molecule has 2 aromatic rings. The molecule has 0 aromatic heterocycles. The zero-order valence-electron chi connectivity index (χ0n) is 12.8. The van der Waals surface area contributed by atoms with E-state index in [0.29, 0.717) is 17.1 Å². The second kappa shape index (κ2) is 7.22. The van der Waals surface area contributed by atoms with E-state index in [-0.39, 0.29) is 11.5 Å². The third-order valence-electron chi connectivity index (χ3n) is 2.95. The van der Waals surface area contributed by atoms with Crippen LogP contribution in [0, 0.1) is 10.1 Å². The topological polar surface area (TPSA) is 72.7 Å². The summed E-state index contributed by atoms with van der Waals surface area (Å²) in [5.74, 6) is 0.940. The molecule has 0 saturated heterocycles. The van der Waals surface area contributed by atoms with Crippen LogP contribution in [-0.4, -0.2) is 29.7 Å². The molecule has 0 amide bonds. The molecule has 0 N–H and O–H groups in total. The highest BCUT2D eigenvalue weighted by molar-refractivity contribution is 6.04. The van der Waals surface area contributed by atoms with Gasteiger partial charge in [-0.3, -0.25) is 14.9 Å². The van der Waals surface area contributed by atoms with Crippen LogP contribution >= 0.6 is 0 Å². The Balaban J connectivity index is 2.05. The minimum atomic E-state index is -0.467. The van der Waals surface area contributed by atoms with Crippen molar-refractivity contribution in [1.82, 2.24) is 4.90 Å². The van der Waals surface area contributed by atoms with Crippen molar-refractivity contribution in [2.75, 3.05) is 14.1 Å². The number of nitro benzene ring substituents is 1. The van der Waals surface area contributed by atoms with Gasteiger partial charge in [0.1, 0.15) is 11.5 Å². The van der Waals surface area contributed by atoms with E-state index in [1.54, 1.807) is 35.4 Å². The molecule has 2 rings (SSSR count). The van der Waals surface area contributed by atoms with Gasteiger partial charge < -0.3 is 9.64 Å². The zero-order chi connectivity index (χ0) is 16.8. The number of carbonyl (C=O) groups excluding carboxylic acids is 1. The second-order valence-corrected chi connectivity index (χ2v) is 5.02. The largest absolute Gasteiger partial charge is 0.457 e. The molecule has 0 radical (unpaired) electrons. The Kier molecular flexibility index (Phi) is 5.09. The fourth-order valence-electron chi connectivity index (χ4n) is 1.77. The first kappa shape index (κ1) is 16.2. The monoisotopic (exact) mass is 312 g/mol. The number of rotatable bonds is 6. The first-order valence-electron chi connectivity index (χ1n) is 6.87. The number of hydrogen-bond donors (Lipinski definition) is 0. The summed E-state index contributed by atoms with van der Waals surface area (Å²) in [6.45, 7) is 0. The van der Waals surface area contributed by atoms with Gasteiger partial charge in [-0.1, -0.05) is 0 Å². The van der Waals surface area contributed by atoms with Crippen molar-refractivity contribution in [2.45, 2.75) is 0 Å². The number of allylic oxidation sites excluding steroid dienone is 1. The number of benzene rings is 2. The Morgan fingerprint density at radius 2 is 1.57 bits per heavy atom. The Hall–Kier alpha value is -3.15. The summed E-state index contributed by atoms with van der Waals surface area (Å²) >= 11 is 0. The van der Waals surface area contributed by atoms with Crippen molar-refractivity contribution in [1.29, 1.82) is 0 Å². The minimum Gasteiger partial charge on any atom is -0.457 e. The lowest BCUT2D eigenvalue weighted by Crippen LogP contribution is -2.03. The Morgan fingerprint density at radius 1 is 1.04 bits per heavy atom. The maximum atomic E-state index is 11.9. The number of hydrogen-bond acceptors (Lipinski definition) is 5. The SMILES string of the molecule is CN(C)/C=C/C(=O)c1ccc(Oc2ccc([N+](=O)[O-])cc2)cc1. The summed E-state index contributed by atoms with van der Waals surface area (Å²) < 4.78 is 5.59. The van der Waals surface area contributed by atoms with Crippen molar-refractivity contribution in [3.05, 3.63) is 76.5 Å². The summed E-state index contributed by atoms with van der Waals surface area (Å²) in [5.41, 5.74) is 0.560. The van der Waals surface area contributed by atoms with Crippen LogP contribution in [-0.2, 0) is 0 Å². The third-order valence-corrected chi connectivity index (χ3v) is 2.95. The van der Waals surface area contributed by atoms with Gasteiger partial charge in [-0.2, -0.15) is 0 Å². The molecule has 6 nitrogen and oxygen atoms in total. The average Bonchev–Trinajstić information content (AvgIpc) is 2.54.